The fourth-order valence-electron chi connectivity index (χ4n) is 2.43. The number of hydrogen-bond acceptors (Lipinski definition) is 3. The third-order valence-corrected chi connectivity index (χ3v) is 3.64. The molecule has 5 heteroatoms. The number of nitrogens with zero attached hydrogens (tertiary/aromatic N) is 1. The highest BCUT2D eigenvalue weighted by atomic mass is 35.5. The Morgan fingerprint density at radius 2 is 2.00 bits per heavy atom. The molecular weight excluding hydrogens is 281 g/mol. The van der Waals surface area contributed by atoms with Gasteiger partial charge in [-0.2, -0.15) is 0 Å². The number of aromatic nitrogens is 1. The molecule has 0 unspecified atom stereocenters. The van der Waals surface area contributed by atoms with Crippen LogP contribution in [0.1, 0.15) is 12.8 Å². The molecule has 0 saturated carbocycles. The molecule has 0 spiro atoms. The van der Waals surface area contributed by atoms with Crippen molar-refractivity contribution in [3.8, 4) is 0 Å². The van der Waals surface area contributed by atoms with Crippen LogP contribution in [-0.4, -0.2) is 24.1 Å². The normalized spacial score (nSPS) is 16.1. The number of fused-ring (bicyclic) bond motifs is 1. The molecule has 1 aliphatic rings. The average Bonchev–Trinajstić information content (AvgIpc) is 2.41. The number of hydrogen-bond donors (Lipinski definition) is 2. The van der Waals surface area contributed by atoms with Gasteiger partial charge in [-0.3, -0.25) is 4.98 Å². The monoisotopic (exact) mass is 297 g/mol. The molecule has 1 saturated heterocycles. The summed E-state index contributed by atoms with van der Waals surface area (Å²) in [6, 6.07) is 8.39. The lowest BCUT2D eigenvalue weighted by atomic mass is 10.1. The zero-order chi connectivity index (χ0) is 12.4. The lowest BCUT2D eigenvalue weighted by molar-refractivity contribution is 0.479. The fourth-order valence-corrected chi connectivity index (χ4v) is 2.60. The van der Waals surface area contributed by atoms with Crippen LogP contribution < -0.4 is 10.6 Å². The van der Waals surface area contributed by atoms with Gasteiger partial charge in [0.25, 0.3) is 0 Å². The number of rotatable bonds is 2. The van der Waals surface area contributed by atoms with E-state index in [0.717, 1.165) is 47.5 Å². The SMILES string of the molecule is Cl.Clc1ccc2nccc(NC3CCNCC3)c2c1. The minimum absolute atomic E-state index is 0. The average molecular weight is 298 g/mol. The molecule has 0 bridgehead atoms. The first-order valence-corrected chi connectivity index (χ1v) is 6.72. The molecule has 1 aliphatic heterocycles. The van der Waals surface area contributed by atoms with E-state index in [1.165, 1.54) is 0 Å². The van der Waals surface area contributed by atoms with E-state index >= 15 is 0 Å². The molecule has 3 rings (SSSR count). The Labute approximate surface area is 124 Å². The molecule has 0 atom stereocenters. The highest BCUT2D eigenvalue weighted by molar-refractivity contribution is 6.31. The topological polar surface area (TPSA) is 37.0 Å². The molecule has 1 aromatic heterocycles. The largest absolute Gasteiger partial charge is 0.382 e. The van der Waals surface area contributed by atoms with Crippen molar-refractivity contribution in [1.29, 1.82) is 0 Å². The van der Waals surface area contributed by atoms with Gasteiger partial charge in [0.15, 0.2) is 0 Å². The van der Waals surface area contributed by atoms with E-state index < -0.39 is 0 Å². The van der Waals surface area contributed by atoms with E-state index in [0.29, 0.717) is 6.04 Å². The summed E-state index contributed by atoms with van der Waals surface area (Å²) >= 11 is 6.07. The van der Waals surface area contributed by atoms with Crippen molar-refractivity contribution in [3.05, 3.63) is 35.5 Å². The van der Waals surface area contributed by atoms with Crippen LogP contribution in [0.25, 0.3) is 10.9 Å². The Hall–Kier alpha value is -1.03. The summed E-state index contributed by atoms with van der Waals surface area (Å²) in [6.07, 6.45) is 4.16. The summed E-state index contributed by atoms with van der Waals surface area (Å²) in [5.74, 6) is 0. The lowest BCUT2D eigenvalue weighted by Gasteiger charge is -2.25. The van der Waals surface area contributed by atoms with Gasteiger partial charge in [-0.25, -0.2) is 0 Å². The maximum absolute atomic E-state index is 6.07. The number of anilines is 1. The second kappa shape index (κ2) is 6.42. The molecule has 2 aromatic rings. The molecule has 0 amide bonds. The van der Waals surface area contributed by atoms with E-state index in [-0.39, 0.29) is 12.4 Å². The molecular formula is C14H17Cl2N3. The number of pyridine rings is 1. The molecule has 1 aromatic carbocycles. The van der Waals surface area contributed by atoms with Crippen molar-refractivity contribution in [2.75, 3.05) is 18.4 Å². The van der Waals surface area contributed by atoms with Crippen molar-refractivity contribution < 1.29 is 0 Å². The number of piperidine rings is 1. The lowest BCUT2D eigenvalue weighted by Crippen LogP contribution is -2.35. The summed E-state index contributed by atoms with van der Waals surface area (Å²) in [6.45, 7) is 2.17. The van der Waals surface area contributed by atoms with Gasteiger partial charge in [0.2, 0.25) is 0 Å². The van der Waals surface area contributed by atoms with Crippen LogP contribution in [0.15, 0.2) is 30.5 Å². The summed E-state index contributed by atoms with van der Waals surface area (Å²) in [7, 11) is 0. The zero-order valence-corrected chi connectivity index (χ0v) is 12.1. The number of benzene rings is 1. The van der Waals surface area contributed by atoms with Crippen LogP contribution in [0, 0.1) is 0 Å². The maximum atomic E-state index is 6.07. The van der Waals surface area contributed by atoms with E-state index in [1.54, 1.807) is 0 Å². The predicted octanol–water partition coefficient (Wildman–Crippen LogP) is 3.47. The first-order valence-electron chi connectivity index (χ1n) is 6.34. The van der Waals surface area contributed by atoms with Gasteiger partial charge in [0.1, 0.15) is 0 Å². The van der Waals surface area contributed by atoms with E-state index in [4.69, 9.17) is 11.6 Å². The molecule has 2 N–H and O–H groups in total. The highest BCUT2D eigenvalue weighted by Gasteiger charge is 2.13. The maximum Gasteiger partial charge on any atom is 0.0723 e. The summed E-state index contributed by atoms with van der Waals surface area (Å²) in [4.78, 5) is 4.37. The van der Waals surface area contributed by atoms with Crippen LogP contribution >= 0.6 is 24.0 Å². The van der Waals surface area contributed by atoms with Crippen LogP contribution in [0.2, 0.25) is 5.02 Å². The zero-order valence-electron chi connectivity index (χ0n) is 10.5. The molecule has 19 heavy (non-hydrogen) atoms. The quantitative estimate of drug-likeness (QED) is 0.891. The predicted molar refractivity (Wildman–Crippen MR) is 83.5 cm³/mol. The standard InChI is InChI=1S/C14H16ClN3.ClH/c15-10-1-2-13-12(9-10)14(5-8-17-13)18-11-3-6-16-7-4-11;/h1-2,5,8-9,11,16H,3-4,6-7H2,(H,17,18);1H. The van der Waals surface area contributed by atoms with Crippen LogP contribution in [-0.2, 0) is 0 Å². The molecule has 0 radical (unpaired) electrons. The van der Waals surface area contributed by atoms with E-state index in [1.807, 2.05) is 30.5 Å². The third-order valence-electron chi connectivity index (χ3n) is 3.40. The van der Waals surface area contributed by atoms with E-state index in [9.17, 15) is 0 Å². The highest BCUT2D eigenvalue weighted by Crippen LogP contribution is 2.26. The summed E-state index contributed by atoms with van der Waals surface area (Å²) in [5, 5.41) is 8.84. The van der Waals surface area contributed by atoms with Crippen molar-refractivity contribution in [2.45, 2.75) is 18.9 Å². The minimum Gasteiger partial charge on any atom is -0.382 e. The number of halogens is 2. The van der Waals surface area contributed by atoms with Crippen molar-refractivity contribution in [1.82, 2.24) is 10.3 Å². The van der Waals surface area contributed by atoms with Gasteiger partial charge < -0.3 is 10.6 Å². The molecule has 3 nitrogen and oxygen atoms in total. The van der Waals surface area contributed by atoms with Crippen LogP contribution in [0.3, 0.4) is 0 Å². The summed E-state index contributed by atoms with van der Waals surface area (Å²) in [5.41, 5.74) is 2.12. The first-order chi connectivity index (χ1) is 8.83. The second-order valence-corrected chi connectivity index (χ2v) is 5.13. The van der Waals surface area contributed by atoms with Crippen molar-refractivity contribution in [2.24, 2.45) is 0 Å². The second-order valence-electron chi connectivity index (χ2n) is 4.69. The Balaban J connectivity index is 0.00000133. The van der Waals surface area contributed by atoms with Crippen molar-refractivity contribution >= 4 is 40.6 Å². The van der Waals surface area contributed by atoms with Gasteiger partial charge in [-0.05, 0) is 50.2 Å². The smallest absolute Gasteiger partial charge is 0.0723 e. The first kappa shape index (κ1) is 14.4. The Morgan fingerprint density at radius 3 is 2.79 bits per heavy atom. The third kappa shape index (κ3) is 3.30. The van der Waals surface area contributed by atoms with E-state index in [2.05, 4.69) is 15.6 Å². The number of nitrogens with one attached hydrogen (secondary N) is 2. The van der Waals surface area contributed by atoms with Gasteiger partial charge >= 0.3 is 0 Å². The minimum atomic E-state index is 0. The summed E-state index contributed by atoms with van der Waals surface area (Å²) < 4.78 is 0. The van der Waals surface area contributed by atoms with Crippen LogP contribution in [0.5, 0.6) is 0 Å². The molecule has 1 fully saturated rings. The van der Waals surface area contributed by atoms with Gasteiger partial charge in [-0.1, -0.05) is 11.6 Å². The Morgan fingerprint density at radius 1 is 1.21 bits per heavy atom. The van der Waals surface area contributed by atoms with Gasteiger partial charge in [-0.15, -0.1) is 12.4 Å². The molecule has 102 valence electrons. The van der Waals surface area contributed by atoms with Gasteiger partial charge in [0.05, 0.1) is 5.52 Å². The molecule has 2 heterocycles. The Bertz CT molecular complexity index is 553. The van der Waals surface area contributed by atoms with Crippen LogP contribution in [0.4, 0.5) is 5.69 Å². The fraction of sp³-hybridized carbons (Fsp3) is 0.357. The van der Waals surface area contributed by atoms with Gasteiger partial charge in [0, 0.05) is 28.3 Å². The van der Waals surface area contributed by atoms with Crippen molar-refractivity contribution in [3.63, 3.8) is 0 Å². The Kier molecular flexibility index (Phi) is 4.86. The molecule has 0 aliphatic carbocycles.